The van der Waals surface area contributed by atoms with Crippen LogP contribution in [-0.2, 0) is 13.0 Å². The second-order valence-corrected chi connectivity index (χ2v) is 6.86. The number of benzene rings is 3. The monoisotopic (exact) mass is 411 g/mol. The van der Waals surface area contributed by atoms with Crippen LogP contribution in [0.15, 0.2) is 65.7 Å². The number of rotatable bonds is 8. The minimum absolute atomic E-state index is 0.261. The third kappa shape index (κ3) is 5.81. The first kappa shape index (κ1) is 20.9. The second kappa shape index (κ2) is 10.1. The van der Waals surface area contributed by atoms with Crippen molar-refractivity contribution in [2.75, 3.05) is 6.61 Å². The quantitative estimate of drug-likeness (QED) is 0.383. The number of nitrogens with zero attached hydrogens (tertiary/aromatic N) is 1. The highest BCUT2D eigenvalue weighted by Gasteiger charge is 2.12. The van der Waals surface area contributed by atoms with Gasteiger partial charge in [0.05, 0.1) is 17.3 Å². The molecule has 0 radical (unpaired) electrons. The molecule has 0 fully saturated rings. The zero-order valence-electron chi connectivity index (χ0n) is 16.5. The molecule has 150 valence electrons. The molecule has 0 aliphatic rings. The Morgan fingerprint density at radius 1 is 0.931 bits per heavy atom. The van der Waals surface area contributed by atoms with Gasteiger partial charge in [-0.05, 0) is 66.4 Å². The predicted molar refractivity (Wildman–Crippen MR) is 116 cm³/mol. The summed E-state index contributed by atoms with van der Waals surface area (Å²) in [6.45, 7) is 4.75. The molecule has 0 aliphatic carbocycles. The summed E-state index contributed by atoms with van der Waals surface area (Å²) < 4.78 is 24.6. The highest BCUT2D eigenvalue weighted by Crippen LogP contribution is 2.37. The van der Waals surface area contributed by atoms with Crippen molar-refractivity contribution < 1.29 is 13.9 Å². The van der Waals surface area contributed by atoms with Gasteiger partial charge in [0.15, 0.2) is 11.5 Å². The Morgan fingerprint density at radius 3 is 2.28 bits per heavy atom. The third-order valence-corrected chi connectivity index (χ3v) is 4.62. The van der Waals surface area contributed by atoms with Crippen molar-refractivity contribution in [3.8, 4) is 11.5 Å². The van der Waals surface area contributed by atoms with Gasteiger partial charge in [0.1, 0.15) is 12.4 Å². The van der Waals surface area contributed by atoms with E-state index in [1.54, 1.807) is 24.4 Å². The van der Waals surface area contributed by atoms with E-state index in [0.717, 1.165) is 23.2 Å². The van der Waals surface area contributed by atoms with E-state index in [1.807, 2.05) is 25.1 Å². The number of aliphatic imine (C=N–C) groups is 1. The normalized spacial score (nSPS) is 11.0. The Hall–Kier alpha value is -2.85. The molecule has 0 atom stereocenters. The van der Waals surface area contributed by atoms with E-state index < -0.39 is 0 Å². The number of ether oxygens (including phenoxy) is 2. The van der Waals surface area contributed by atoms with E-state index >= 15 is 0 Å². The zero-order chi connectivity index (χ0) is 20.6. The van der Waals surface area contributed by atoms with Gasteiger partial charge < -0.3 is 9.47 Å². The van der Waals surface area contributed by atoms with Gasteiger partial charge >= 0.3 is 0 Å². The molecule has 29 heavy (non-hydrogen) atoms. The molecule has 3 aromatic carbocycles. The van der Waals surface area contributed by atoms with Crippen molar-refractivity contribution in [2.24, 2.45) is 4.99 Å². The molecular weight excluding hydrogens is 389 g/mol. The largest absolute Gasteiger partial charge is 0.490 e. The zero-order valence-corrected chi connectivity index (χ0v) is 17.2. The average Bonchev–Trinajstić information content (AvgIpc) is 2.73. The number of hydrogen-bond acceptors (Lipinski definition) is 3. The fourth-order valence-corrected chi connectivity index (χ4v) is 3.04. The molecule has 0 N–H and O–H groups in total. The summed E-state index contributed by atoms with van der Waals surface area (Å²) >= 11 is 6.46. The summed E-state index contributed by atoms with van der Waals surface area (Å²) in [6.07, 6.45) is 2.75. The molecule has 0 saturated carbocycles. The Morgan fingerprint density at radius 2 is 1.62 bits per heavy atom. The van der Waals surface area contributed by atoms with E-state index in [2.05, 4.69) is 24.0 Å². The summed E-state index contributed by atoms with van der Waals surface area (Å²) in [5.41, 5.74) is 3.79. The molecule has 0 unspecified atom stereocenters. The summed E-state index contributed by atoms with van der Waals surface area (Å²) in [4.78, 5) is 4.51. The van der Waals surface area contributed by atoms with Crippen molar-refractivity contribution in [1.82, 2.24) is 0 Å². The van der Waals surface area contributed by atoms with Crippen molar-refractivity contribution >= 4 is 23.5 Å². The van der Waals surface area contributed by atoms with Gasteiger partial charge in [-0.3, -0.25) is 4.99 Å². The van der Waals surface area contributed by atoms with Gasteiger partial charge in [-0.2, -0.15) is 0 Å². The van der Waals surface area contributed by atoms with E-state index in [0.29, 0.717) is 23.1 Å². The first-order chi connectivity index (χ1) is 14.1. The molecule has 0 saturated heterocycles. The van der Waals surface area contributed by atoms with Crippen LogP contribution in [0.2, 0.25) is 5.02 Å². The molecule has 0 spiro atoms. The highest BCUT2D eigenvalue weighted by atomic mass is 35.5. The fraction of sp³-hybridized carbons (Fsp3) is 0.208. The van der Waals surface area contributed by atoms with Crippen LogP contribution in [-0.4, -0.2) is 12.8 Å². The molecular formula is C24H23ClFNO2. The van der Waals surface area contributed by atoms with Gasteiger partial charge in [0, 0.05) is 6.21 Å². The SMILES string of the molecule is CCOc1cc(C=Nc2ccc(CC)cc2)cc(Cl)c1OCc1ccc(F)cc1. The predicted octanol–water partition coefficient (Wildman–Crippen LogP) is 6.77. The molecule has 3 aromatic rings. The fourth-order valence-electron chi connectivity index (χ4n) is 2.77. The Kier molecular flexibility index (Phi) is 7.25. The van der Waals surface area contributed by atoms with Crippen LogP contribution >= 0.6 is 11.6 Å². The Balaban J connectivity index is 1.79. The van der Waals surface area contributed by atoms with Gasteiger partial charge in [0.2, 0.25) is 0 Å². The molecule has 0 heterocycles. The van der Waals surface area contributed by atoms with E-state index in [4.69, 9.17) is 21.1 Å². The number of hydrogen-bond donors (Lipinski definition) is 0. The highest BCUT2D eigenvalue weighted by molar-refractivity contribution is 6.32. The lowest BCUT2D eigenvalue weighted by atomic mass is 10.1. The smallest absolute Gasteiger partial charge is 0.180 e. The maximum Gasteiger partial charge on any atom is 0.180 e. The van der Waals surface area contributed by atoms with Gasteiger partial charge in [-0.25, -0.2) is 4.39 Å². The van der Waals surface area contributed by atoms with E-state index in [1.165, 1.54) is 17.7 Å². The molecule has 0 bridgehead atoms. The van der Waals surface area contributed by atoms with Crippen molar-refractivity contribution in [1.29, 1.82) is 0 Å². The number of aryl methyl sites for hydroxylation is 1. The van der Waals surface area contributed by atoms with Crippen LogP contribution < -0.4 is 9.47 Å². The first-order valence-electron chi connectivity index (χ1n) is 9.55. The van der Waals surface area contributed by atoms with Crippen LogP contribution in [0.4, 0.5) is 10.1 Å². The van der Waals surface area contributed by atoms with Gasteiger partial charge in [-0.1, -0.05) is 42.8 Å². The van der Waals surface area contributed by atoms with Crippen molar-refractivity contribution in [2.45, 2.75) is 26.9 Å². The molecule has 5 heteroatoms. The Bertz CT molecular complexity index is 969. The van der Waals surface area contributed by atoms with Crippen molar-refractivity contribution in [3.05, 3.63) is 88.2 Å². The standard InChI is InChI=1S/C24H23ClFNO2/c1-3-17-7-11-21(12-8-17)27-15-19-13-22(25)24(23(14-19)28-4-2)29-16-18-5-9-20(26)10-6-18/h5-15H,3-4,16H2,1-2H3. The lowest BCUT2D eigenvalue weighted by Gasteiger charge is -2.14. The summed E-state index contributed by atoms with van der Waals surface area (Å²) in [5, 5.41) is 0.431. The van der Waals surface area contributed by atoms with Gasteiger partial charge in [0.25, 0.3) is 0 Å². The lowest BCUT2D eigenvalue weighted by Crippen LogP contribution is -2.01. The van der Waals surface area contributed by atoms with Gasteiger partial charge in [-0.15, -0.1) is 0 Å². The Labute approximate surface area is 175 Å². The molecule has 3 rings (SSSR count). The van der Waals surface area contributed by atoms with Crippen LogP contribution in [0.3, 0.4) is 0 Å². The minimum Gasteiger partial charge on any atom is -0.490 e. The molecule has 0 amide bonds. The summed E-state index contributed by atoms with van der Waals surface area (Å²) in [6, 6.07) is 17.9. The summed E-state index contributed by atoms with van der Waals surface area (Å²) in [5.74, 6) is 0.724. The van der Waals surface area contributed by atoms with Crippen LogP contribution in [0.25, 0.3) is 0 Å². The van der Waals surface area contributed by atoms with E-state index in [9.17, 15) is 4.39 Å². The lowest BCUT2D eigenvalue weighted by molar-refractivity contribution is 0.269. The topological polar surface area (TPSA) is 30.8 Å². The second-order valence-electron chi connectivity index (χ2n) is 6.46. The maximum atomic E-state index is 13.1. The first-order valence-corrected chi connectivity index (χ1v) is 9.93. The molecule has 0 aromatic heterocycles. The third-order valence-electron chi connectivity index (χ3n) is 4.34. The van der Waals surface area contributed by atoms with Crippen LogP contribution in [0.5, 0.6) is 11.5 Å². The number of halogens is 2. The van der Waals surface area contributed by atoms with Crippen LogP contribution in [0.1, 0.15) is 30.5 Å². The average molecular weight is 412 g/mol. The van der Waals surface area contributed by atoms with E-state index in [-0.39, 0.29) is 12.4 Å². The molecule has 0 aliphatic heterocycles. The minimum atomic E-state index is -0.283. The van der Waals surface area contributed by atoms with Crippen molar-refractivity contribution in [3.63, 3.8) is 0 Å². The van der Waals surface area contributed by atoms with Crippen LogP contribution in [0, 0.1) is 5.82 Å². The summed E-state index contributed by atoms with van der Waals surface area (Å²) in [7, 11) is 0. The molecule has 3 nitrogen and oxygen atoms in total. The maximum absolute atomic E-state index is 13.1.